The molecule has 110 valence electrons. The number of anilines is 2. The van der Waals surface area contributed by atoms with Crippen LogP contribution in [0.15, 0.2) is 6.20 Å². The normalized spacial score (nSPS) is 18.8. The van der Waals surface area contributed by atoms with Crippen molar-refractivity contribution < 1.29 is 9.53 Å². The van der Waals surface area contributed by atoms with Crippen LogP contribution in [-0.2, 0) is 4.79 Å². The molecule has 20 heavy (non-hydrogen) atoms. The Morgan fingerprint density at radius 1 is 1.45 bits per heavy atom. The summed E-state index contributed by atoms with van der Waals surface area (Å²) in [6.07, 6.45) is 2.54. The van der Waals surface area contributed by atoms with Crippen molar-refractivity contribution in [2.75, 3.05) is 37.5 Å². The highest BCUT2D eigenvalue weighted by Crippen LogP contribution is 2.34. The molecule has 1 aliphatic heterocycles. The second kappa shape index (κ2) is 5.64. The molecule has 0 bridgehead atoms. The molecule has 1 saturated heterocycles. The first-order valence-corrected chi connectivity index (χ1v) is 6.85. The summed E-state index contributed by atoms with van der Waals surface area (Å²) in [7, 11) is 5.29. The highest BCUT2D eigenvalue weighted by Gasteiger charge is 2.36. The molecule has 0 radical (unpaired) electrons. The molecule has 2 heterocycles. The SMILES string of the molecule is COc1nc(N(C)C)ncc1N1CCC(C(C)C)C1=O. The van der Waals surface area contributed by atoms with E-state index >= 15 is 0 Å². The zero-order chi connectivity index (χ0) is 14.9. The summed E-state index contributed by atoms with van der Waals surface area (Å²) < 4.78 is 5.32. The molecule has 2 rings (SSSR count). The lowest BCUT2D eigenvalue weighted by Gasteiger charge is -2.20. The third-order valence-electron chi connectivity index (χ3n) is 3.66. The average molecular weight is 278 g/mol. The molecule has 0 saturated carbocycles. The number of hydrogen-bond donors (Lipinski definition) is 0. The quantitative estimate of drug-likeness (QED) is 0.836. The third-order valence-corrected chi connectivity index (χ3v) is 3.66. The van der Waals surface area contributed by atoms with E-state index in [0.29, 0.717) is 30.0 Å². The van der Waals surface area contributed by atoms with Crippen molar-refractivity contribution in [1.29, 1.82) is 0 Å². The van der Waals surface area contributed by atoms with Crippen LogP contribution in [0.4, 0.5) is 11.6 Å². The number of aromatic nitrogens is 2. The first kappa shape index (κ1) is 14.6. The Hall–Kier alpha value is -1.85. The van der Waals surface area contributed by atoms with Crippen molar-refractivity contribution in [1.82, 2.24) is 9.97 Å². The van der Waals surface area contributed by atoms with Gasteiger partial charge in [-0.1, -0.05) is 13.8 Å². The molecule has 6 nitrogen and oxygen atoms in total. The Bertz CT molecular complexity index is 502. The maximum Gasteiger partial charge on any atom is 0.242 e. The Labute approximate surface area is 119 Å². The summed E-state index contributed by atoms with van der Waals surface area (Å²) in [5.41, 5.74) is 0.659. The summed E-state index contributed by atoms with van der Waals surface area (Å²) in [6, 6.07) is 0. The monoisotopic (exact) mass is 278 g/mol. The van der Waals surface area contributed by atoms with Gasteiger partial charge >= 0.3 is 0 Å². The van der Waals surface area contributed by atoms with Crippen LogP contribution in [-0.4, -0.2) is 43.6 Å². The molecule has 0 spiro atoms. The number of hydrogen-bond acceptors (Lipinski definition) is 5. The first-order valence-electron chi connectivity index (χ1n) is 6.85. The highest BCUT2D eigenvalue weighted by atomic mass is 16.5. The van der Waals surface area contributed by atoms with Crippen LogP contribution < -0.4 is 14.5 Å². The molecule has 1 amide bonds. The number of methoxy groups -OCH3 is 1. The molecule has 1 aromatic rings. The number of amides is 1. The van der Waals surface area contributed by atoms with Crippen LogP contribution in [0.1, 0.15) is 20.3 Å². The minimum atomic E-state index is 0.0771. The van der Waals surface area contributed by atoms with E-state index in [-0.39, 0.29) is 11.8 Å². The van der Waals surface area contributed by atoms with Crippen LogP contribution in [0.25, 0.3) is 0 Å². The van der Waals surface area contributed by atoms with E-state index in [1.54, 1.807) is 23.1 Å². The molecule has 1 atom stereocenters. The topological polar surface area (TPSA) is 58.6 Å². The maximum absolute atomic E-state index is 12.4. The molecule has 0 aromatic carbocycles. The minimum Gasteiger partial charge on any atom is -0.479 e. The highest BCUT2D eigenvalue weighted by molar-refractivity contribution is 5.98. The molecule has 1 unspecified atom stereocenters. The lowest BCUT2D eigenvalue weighted by Crippen LogP contribution is -2.29. The number of rotatable bonds is 4. The van der Waals surface area contributed by atoms with Gasteiger partial charge in [-0.3, -0.25) is 4.79 Å². The summed E-state index contributed by atoms with van der Waals surface area (Å²) >= 11 is 0. The van der Waals surface area contributed by atoms with E-state index in [1.165, 1.54) is 0 Å². The summed E-state index contributed by atoms with van der Waals surface area (Å²) in [5, 5.41) is 0. The van der Waals surface area contributed by atoms with Gasteiger partial charge in [0, 0.05) is 26.6 Å². The number of nitrogens with zero attached hydrogens (tertiary/aromatic N) is 4. The molecular formula is C14H22N4O2. The van der Waals surface area contributed by atoms with E-state index in [0.717, 1.165) is 6.42 Å². The molecule has 1 aliphatic rings. The summed E-state index contributed by atoms with van der Waals surface area (Å²) in [5.74, 6) is 1.58. The minimum absolute atomic E-state index is 0.0771. The van der Waals surface area contributed by atoms with E-state index in [1.807, 2.05) is 14.1 Å². The van der Waals surface area contributed by atoms with Gasteiger partial charge in [-0.25, -0.2) is 4.98 Å². The van der Waals surface area contributed by atoms with Gasteiger partial charge in [-0.2, -0.15) is 4.98 Å². The van der Waals surface area contributed by atoms with E-state index < -0.39 is 0 Å². The molecule has 0 N–H and O–H groups in total. The predicted octanol–water partition coefficient (Wildman–Crippen LogP) is 1.56. The van der Waals surface area contributed by atoms with Crippen molar-refractivity contribution >= 4 is 17.5 Å². The van der Waals surface area contributed by atoms with Crippen LogP contribution in [0.3, 0.4) is 0 Å². The van der Waals surface area contributed by atoms with Gasteiger partial charge in [0.05, 0.1) is 13.3 Å². The van der Waals surface area contributed by atoms with Crippen LogP contribution >= 0.6 is 0 Å². The Morgan fingerprint density at radius 2 is 2.15 bits per heavy atom. The van der Waals surface area contributed by atoms with Gasteiger partial charge in [0.2, 0.25) is 17.7 Å². The lowest BCUT2D eigenvalue weighted by molar-refractivity contribution is -0.121. The summed E-state index contributed by atoms with van der Waals surface area (Å²) in [6.45, 7) is 4.85. The smallest absolute Gasteiger partial charge is 0.242 e. The van der Waals surface area contributed by atoms with Gasteiger partial charge in [-0.05, 0) is 12.3 Å². The molecule has 1 fully saturated rings. The molecular weight excluding hydrogens is 256 g/mol. The Balaban J connectivity index is 2.32. The van der Waals surface area contributed by atoms with Gasteiger partial charge in [0.1, 0.15) is 5.69 Å². The fourth-order valence-corrected chi connectivity index (χ4v) is 2.46. The van der Waals surface area contributed by atoms with Crippen LogP contribution in [0.2, 0.25) is 0 Å². The Morgan fingerprint density at radius 3 is 2.65 bits per heavy atom. The lowest BCUT2D eigenvalue weighted by atomic mass is 9.95. The fraction of sp³-hybridized carbons (Fsp3) is 0.643. The summed E-state index contributed by atoms with van der Waals surface area (Å²) in [4.78, 5) is 24.6. The van der Waals surface area contributed by atoms with Crippen LogP contribution in [0, 0.1) is 11.8 Å². The van der Waals surface area contributed by atoms with Crippen LogP contribution in [0.5, 0.6) is 5.88 Å². The molecule has 1 aromatic heterocycles. The van der Waals surface area contributed by atoms with Crippen molar-refractivity contribution in [2.24, 2.45) is 11.8 Å². The van der Waals surface area contributed by atoms with Crippen molar-refractivity contribution in [2.45, 2.75) is 20.3 Å². The predicted molar refractivity (Wildman–Crippen MR) is 78.2 cm³/mol. The van der Waals surface area contributed by atoms with Crippen molar-refractivity contribution in [3.63, 3.8) is 0 Å². The third kappa shape index (κ3) is 2.55. The van der Waals surface area contributed by atoms with Gasteiger partial charge in [0.25, 0.3) is 0 Å². The number of ether oxygens (including phenoxy) is 1. The average Bonchev–Trinajstić information content (AvgIpc) is 2.79. The maximum atomic E-state index is 12.4. The van der Waals surface area contributed by atoms with Gasteiger partial charge in [0.15, 0.2) is 0 Å². The van der Waals surface area contributed by atoms with E-state index in [2.05, 4.69) is 23.8 Å². The largest absolute Gasteiger partial charge is 0.479 e. The van der Waals surface area contributed by atoms with Crippen molar-refractivity contribution in [3.05, 3.63) is 6.20 Å². The van der Waals surface area contributed by atoms with E-state index in [4.69, 9.17) is 4.74 Å². The van der Waals surface area contributed by atoms with Gasteiger partial charge in [-0.15, -0.1) is 0 Å². The fourth-order valence-electron chi connectivity index (χ4n) is 2.46. The molecule has 6 heteroatoms. The number of carbonyl (C=O) groups is 1. The van der Waals surface area contributed by atoms with E-state index in [9.17, 15) is 4.79 Å². The molecule has 0 aliphatic carbocycles. The number of carbonyl (C=O) groups excluding carboxylic acids is 1. The van der Waals surface area contributed by atoms with Crippen molar-refractivity contribution in [3.8, 4) is 5.88 Å². The standard InChI is InChI=1S/C14H22N4O2/c1-9(2)10-6-7-18(13(10)19)11-8-15-14(17(3)4)16-12(11)20-5/h8-10H,6-7H2,1-5H3. The first-order chi connectivity index (χ1) is 9.45. The van der Waals surface area contributed by atoms with Gasteiger partial charge < -0.3 is 14.5 Å². The second-order valence-electron chi connectivity index (χ2n) is 5.59. The Kier molecular flexibility index (Phi) is 4.11. The zero-order valence-electron chi connectivity index (χ0n) is 12.8. The zero-order valence-corrected chi connectivity index (χ0v) is 12.8. The second-order valence-corrected chi connectivity index (χ2v) is 5.59.